The number of benzene rings is 1. The van der Waals surface area contributed by atoms with Crippen LogP contribution in [0, 0.1) is 5.41 Å². The van der Waals surface area contributed by atoms with Crippen molar-refractivity contribution in [2.24, 2.45) is 5.41 Å². The number of ether oxygens (including phenoxy) is 2. The van der Waals surface area contributed by atoms with Crippen molar-refractivity contribution >= 4 is 11.7 Å². The van der Waals surface area contributed by atoms with Crippen molar-refractivity contribution in [2.75, 3.05) is 18.5 Å². The lowest BCUT2D eigenvalue weighted by atomic mass is 9.75. The molecule has 1 aliphatic carbocycles. The van der Waals surface area contributed by atoms with Crippen molar-refractivity contribution < 1.29 is 23.0 Å². The van der Waals surface area contributed by atoms with Crippen LogP contribution < -0.4 is 15.4 Å². The minimum atomic E-state index is -2.93. The standard InChI is InChI=1S/C17H22F2N2O3/c18-15(19)24-13-5-2-1-4-12(13)20-16(22)21-14-6-3-7-17(14)8-10-23-11-9-17/h1-2,4-5,14-15H,3,6-11H2,(H2,20,21,22). The number of nitrogens with one attached hydrogen (secondary N) is 2. The first-order valence-corrected chi connectivity index (χ1v) is 8.28. The Morgan fingerprint density at radius 2 is 2.00 bits per heavy atom. The molecule has 1 saturated carbocycles. The molecule has 2 aliphatic rings. The Bertz CT molecular complexity index is 577. The zero-order valence-corrected chi connectivity index (χ0v) is 13.4. The fourth-order valence-corrected chi connectivity index (χ4v) is 3.83. The minimum absolute atomic E-state index is 0.0464. The molecule has 7 heteroatoms. The van der Waals surface area contributed by atoms with Crippen LogP contribution in [0.3, 0.4) is 0 Å². The number of alkyl halides is 2. The van der Waals surface area contributed by atoms with Crippen molar-refractivity contribution in [3.63, 3.8) is 0 Å². The second-order valence-corrected chi connectivity index (χ2v) is 6.39. The lowest BCUT2D eigenvalue weighted by molar-refractivity contribution is -0.0493. The zero-order chi connectivity index (χ0) is 17.0. The van der Waals surface area contributed by atoms with Crippen molar-refractivity contribution in [1.82, 2.24) is 5.32 Å². The summed E-state index contributed by atoms with van der Waals surface area (Å²) in [5.41, 5.74) is 0.337. The summed E-state index contributed by atoms with van der Waals surface area (Å²) < 4.78 is 34.8. The summed E-state index contributed by atoms with van der Waals surface area (Å²) in [6, 6.07) is 5.87. The number of carbonyl (C=O) groups excluding carboxylic acids is 1. The molecule has 3 rings (SSSR count). The van der Waals surface area contributed by atoms with Gasteiger partial charge in [-0.05, 0) is 43.2 Å². The van der Waals surface area contributed by atoms with E-state index in [1.165, 1.54) is 12.1 Å². The smallest absolute Gasteiger partial charge is 0.387 e. The number of halogens is 2. The minimum Gasteiger partial charge on any atom is -0.433 e. The summed E-state index contributed by atoms with van der Waals surface area (Å²) in [5, 5.41) is 5.64. The van der Waals surface area contributed by atoms with Gasteiger partial charge in [-0.25, -0.2) is 4.79 Å². The highest BCUT2D eigenvalue weighted by Gasteiger charge is 2.44. The maximum atomic E-state index is 12.4. The highest BCUT2D eigenvalue weighted by Crippen LogP contribution is 2.46. The van der Waals surface area contributed by atoms with E-state index < -0.39 is 12.6 Å². The Morgan fingerprint density at radius 1 is 1.25 bits per heavy atom. The maximum absolute atomic E-state index is 12.4. The molecule has 1 saturated heterocycles. The number of hydrogen-bond donors (Lipinski definition) is 2. The molecule has 132 valence electrons. The van der Waals surface area contributed by atoms with Crippen LogP contribution in [0.4, 0.5) is 19.3 Å². The summed E-state index contributed by atoms with van der Waals surface area (Å²) in [7, 11) is 0. The number of anilines is 1. The molecule has 0 radical (unpaired) electrons. The largest absolute Gasteiger partial charge is 0.433 e. The molecule has 2 N–H and O–H groups in total. The van der Waals surface area contributed by atoms with E-state index in [9.17, 15) is 13.6 Å². The SMILES string of the molecule is O=C(Nc1ccccc1OC(F)F)NC1CCCC12CCOCC2. The van der Waals surface area contributed by atoms with Gasteiger partial charge < -0.3 is 20.1 Å². The van der Waals surface area contributed by atoms with Gasteiger partial charge in [-0.2, -0.15) is 8.78 Å². The van der Waals surface area contributed by atoms with E-state index in [4.69, 9.17) is 4.74 Å². The van der Waals surface area contributed by atoms with Gasteiger partial charge in [0.1, 0.15) is 5.75 Å². The number of para-hydroxylation sites is 2. The van der Waals surface area contributed by atoms with E-state index >= 15 is 0 Å². The Labute approximate surface area is 139 Å². The molecule has 1 aliphatic heterocycles. The second-order valence-electron chi connectivity index (χ2n) is 6.39. The van der Waals surface area contributed by atoms with Crippen molar-refractivity contribution in [3.8, 4) is 5.75 Å². The van der Waals surface area contributed by atoms with Gasteiger partial charge in [-0.1, -0.05) is 18.6 Å². The molecular weight excluding hydrogens is 318 g/mol. The number of amides is 2. The van der Waals surface area contributed by atoms with Gasteiger partial charge in [0, 0.05) is 19.3 Å². The molecule has 24 heavy (non-hydrogen) atoms. The second kappa shape index (κ2) is 7.34. The molecule has 1 aromatic carbocycles. The Morgan fingerprint density at radius 3 is 2.75 bits per heavy atom. The topological polar surface area (TPSA) is 59.6 Å². The molecular formula is C17H22F2N2O3. The van der Waals surface area contributed by atoms with E-state index in [1.54, 1.807) is 12.1 Å². The summed E-state index contributed by atoms with van der Waals surface area (Å²) in [5.74, 6) is -0.0464. The molecule has 0 bridgehead atoms. The first-order valence-electron chi connectivity index (χ1n) is 8.28. The third-order valence-electron chi connectivity index (χ3n) is 5.05. The van der Waals surface area contributed by atoms with Crippen LogP contribution in [-0.4, -0.2) is 31.9 Å². The van der Waals surface area contributed by atoms with Crippen LogP contribution in [0.2, 0.25) is 0 Å². The third-order valence-corrected chi connectivity index (χ3v) is 5.05. The maximum Gasteiger partial charge on any atom is 0.387 e. The van der Waals surface area contributed by atoms with Crippen molar-refractivity contribution in [2.45, 2.75) is 44.8 Å². The van der Waals surface area contributed by atoms with E-state index in [0.717, 1.165) is 45.3 Å². The molecule has 2 amide bonds. The highest BCUT2D eigenvalue weighted by atomic mass is 19.3. The Balaban J connectivity index is 1.63. The van der Waals surface area contributed by atoms with Crippen LogP contribution in [0.5, 0.6) is 5.75 Å². The molecule has 1 atom stereocenters. The molecule has 1 unspecified atom stereocenters. The Hall–Kier alpha value is -1.89. The number of urea groups is 1. The molecule has 2 fully saturated rings. The first-order chi connectivity index (χ1) is 11.6. The monoisotopic (exact) mass is 340 g/mol. The van der Waals surface area contributed by atoms with Crippen LogP contribution >= 0.6 is 0 Å². The van der Waals surface area contributed by atoms with E-state index in [-0.39, 0.29) is 22.9 Å². The normalized spacial score (nSPS) is 22.5. The van der Waals surface area contributed by atoms with Crippen LogP contribution in [-0.2, 0) is 4.74 Å². The predicted molar refractivity (Wildman–Crippen MR) is 85.4 cm³/mol. The van der Waals surface area contributed by atoms with Crippen molar-refractivity contribution in [3.05, 3.63) is 24.3 Å². The summed E-state index contributed by atoms with van der Waals surface area (Å²) in [6.45, 7) is -1.48. The van der Waals surface area contributed by atoms with E-state index in [0.29, 0.717) is 0 Å². The average molecular weight is 340 g/mol. The molecule has 1 aromatic rings. The molecule has 0 aromatic heterocycles. The van der Waals surface area contributed by atoms with Crippen LogP contribution in [0.25, 0.3) is 0 Å². The zero-order valence-electron chi connectivity index (χ0n) is 13.4. The number of rotatable bonds is 4. The van der Waals surface area contributed by atoms with E-state index in [2.05, 4.69) is 15.4 Å². The lowest BCUT2D eigenvalue weighted by Crippen LogP contribution is -2.48. The van der Waals surface area contributed by atoms with Gasteiger partial charge in [0.05, 0.1) is 5.69 Å². The third kappa shape index (κ3) is 3.77. The van der Waals surface area contributed by atoms with Gasteiger partial charge in [-0.3, -0.25) is 0 Å². The quantitative estimate of drug-likeness (QED) is 0.877. The summed E-state index contributed by atoms with van der Waals surface area (Å²) in [6.07, 6.45) is 5.00. The first kappa shape index (κ1) is 17.0. The van der Waals surface area contributed by atoms with Gasteiger partial charge in [-0.15, -0.1) is 0 Å². The summed E-state index contributed by atoms with van der Waals surface area (Å²) >= 11 is 0. The lowest BCUT2D eigenvalue weighted by Gasteiger charge is -2.39. The van der Waals surface area contributed by atoms with E-state index in [1.807, 2.05) is 0 Å². The van der Waals surface area contributed by atoms with Gasteiger partial charge in [0.15, 0.2) is 0 Å². The molecule has 5 nitrogen and oxygen atoms in total. The van der Waals surface area contributed by atoms with Gasteiger partial charge >= 0.3 is 12.6 Å². The Kier molecular flexibility index (Phi) is 5.18. The number of carbonyl (C=O) groups is 1. The fraction of sp³-hybridized carbons (Fsp3) is 0.588. The molecule has 1 heterocycles. The predicted octanol–water partition coefficient (Wildman–Crippen LogP) is 3.76. The van der Waals surface area contributed by atoms with Crippen LogP contribution in [0.1, 0.15) is 32.1 Å². The fourth-order valence-electron chi connectivity index (χ4n) is 3.83. The average Bonchev–Trinajstić information content (AvgIpc) is 2.91. The molecule has 1 spiro atoms. The van der Waals surface area contributed by atoms with Crippen molar-refractivity contribution in [1.29, 1.82) is 0 Å². The number of hydrogen-bond acceptors (Lipinski definition) is 3. The van der Waals surface area contributed by atoms with Gasteiger partial charge in [0.2, 0.25) is 0 Å². The highest BCUT2D eigenvalue weighted by molar-refractivity contribution is 5.91. The van der Waals surface area contributed by atoms with Crippen LogP contribution in [0.15, 0.2) is 24.3 Å². The summed E-state index contributed by atoms with van der Waals surface area (Å²) in [4.78, 5) is 12.3. The van der Waals surface area contributed by atoms with Gasteiger partial charge in [0.25, 0.3) is 0 Å².